The van der Waals surface area contributed by atoms with Crippen molar-refractivity contribution in [3.63, 3.8) is 0 Å². The number of benzene rings is 2. The fraction of sp³-hybridized carbons (Fsp3) is 0. The summed E-state index contributed by atoms with van der Waals surface area (Å²) >= 11 is 0. The van der Waals surface area contributed by atoms with Crippen molar-refractivity contribution >= 4 is 0 Å². The standard InChI is InChI=1S/C17H12FN/c18-17-11-5-10-16(19-17)15-9-4-8-14(12-15)13-6-2-1-3-7-13/h1-12H. The summed E-state index contributed by atoms with van der Waals surface area (Å²) in [4.78, 5) is 3.91. The summed E-state index contributed by atoms with van der Waals surface area (Å²) in [5.41, 5.74) is 3.81. The van der Waals surface area contributed by atoms with Crippen molar-refractivity contribution in [2.24, 2.45) is 0 Å². The van der Waals surface area contributed by atoms with Gasteiger partial charge in [0.2, 0.25) is 5.95 Å². The van der Waals surface area contributed by atoms with E-state index in [2.05, 4.69) is 17.1 Å². The van der Waals surface area contributed by atoms with Crippen molar-refractivity contribution in [2.45, 2.75) is 0 Å². The van der Waals surface area contributed by atoms with Gasteiger partial charge in [-0.2, -0.15) is 4.39 Å². The molecule has 1 aromatic heterocycles. The molecule has 19 heavy (non-hydrogen) atoms. The molecule has 0 bridgehead atoms. The molecule has 3 aromatic rings. The highest BCUT2D eigenvalue weighted by Crippen LogP contribution is 2.25. The normalized spacial score (nSPS) is 10.4. The SMILES string of the molecule is Fc1cccc(-c2cccc(-c3ccccc3)c2)n1. The lowest BCUT2D eigenvalue weighted by Crippen LogP contribution is -1.87. The van der Waals surface area contributed by atoms with Gasteiger partial charge < -0.3 is 0 Å². The number of hydrogen-bond donors (Lipinski definition) is 0. The van der Waals surface area contributed by atoms with E-state index in [1.54, 1.807) is 6.07 Å². The van der Waals surface area contributed by atoms with E-state index < -0.39 is 5.95 Å². The minimum Gasteiger partial charge on any atom is -0.220 e. The van der Waals surface area contributed by atoms with Gasteiger partial charge >= 0.3 is 0 Å². The van der Waals surface area contributed by atoms with Crippen LogP contribution in [-0.4, -0.2) is 4.98 Å². The monoisotopic (exact) mass is 249 g/mol. The molecule has 1 heterocycles. The zero-order valence-corrected chi connectivity index (χ0v) is 10.3. The largest absolute Gasteiger partial charge is 0.220 e. The highest BCUT2D eigenvalue weighted by molar-refractivity contribution is 5.71. The Hall–Kier alpha value is -2.48. The zero-order chi connectivity index (χ0) is 13.1. The van der Waals surface area contributed by atoms with Crippen LogP contribution < -0.4 is 0 Å². The summed E-state index contributed by atoms with van der Waals surface area (Å²) in [5.74, 6) is -0.456. The second kappa shape index (κ2) is 5.02. The summed E-state index contributed by atoms with van der Waals surface area (Å²) in [6.45, 7) is 0. The van der Waals surface area contributed by atoms with Crippen LogP contribution in [0.5, 0.6) is 0 Å². The smallest absolute Gasteiger partial charge is 0.213 e. The first-order valence-corrected chi connectivity index (χ1v) is 6.11. The molecule has 0 aliphatic carbocycles. The maximum Gasteiger partial charge on any atom is 0.213 e. The number of rotatable bonds is 2. The van der Waals surface area contributed by atoms with Gasteiger partial charge in [0, 0.05) is 5.56 Å². The summed E-state index contributed by atoms with van der Waals surface area (Å²) in [6, 6.07) is 22.9. The van der Waals surface area contributed by atoms with E-state index in [-0.39, 0.29) is 0 Å². The predicted molar refractivity (Wildman–Crippen MR) is 75.1 cm³/mol. The van der Waals surface area contributed by atoms with Crippen molar-refractivity contribution in [3.05, 3.63) is 78.7 Å². The van der Waals surface area contributed by atoms with E-state index in [1.807, 2.05) is 48.5 Å². The molecule has 0 saturated heterocycles. The zero-order valence-electron chi connectivity index (χ0n) is 10.3. The van der Waals surface area contributed by atoms with Gasteiger partial charge in [0.1, 0.15) is 0 Å². The van der Waals surface area contributed by atoms with Gasteiger partial charge in [-0.05, 0) is 29.3 Å². The molecule has 3 rings (SSSR count). The summed E-state index contributed by atoms with van der Waals surface area (Å²) < 4.78 is 13.2. The van der Waals surface area contributed by atoms with Gasteiger partial charge in [-0.15, -0.1) is 0 Å². The number of nitrogens with zero attached hydrogens (tertiary/aromatic N) is 1. The molecule has 0 radical (unpaired) electrons. The average Bonchev–Trinajstić information content (AvgIpc) is 2.48. The number of aromatic nitrogens is 1. The van der Waals surface area contributed by atoms with E-state index in [4.69, 9.17) is 0 Å². The van der Waals surface area contributed by atoms with E-state index in [1.165, 1.54) is 6.07 Å². The maximum atomic E-state index is 13.2. The van der Waals surface area contributed by atoms with Crippen molar-refractivity contribution < 1.29 is 4.39 Å². The Morgan fingerprint density at radius 1 is 0.632 bits per heavy atom. The van der Waals surface area contributed by atoms with Crippen LogP contribution in [0.4, 0.5) is 4.39 Å². The molecule has 2 heteroatoms. The lowest BCUT2D eigenvalue weighted by molar-refractivity contribution is 0.585. The lowest BCUT2D eigenvalue weighted by Gasteiger charge is -2.05. The third-order valence-electron chi connectivity index (χ3n) is 2.98. The molecule has 0 spiro atoms. The summed E-state index contributed by atoms with van der Waals surface area (Å²) in [5, 5.41) is 0. The summed E-state index contributed by atoms with van der Waals surface area (Å²) in [7, 11) is 0. The van der Waals surface area contributed by atoms with Crippen molar-refractivity contribution in [2.75, 3.05) is 0 Å². The van der Waals surface area contributed by atoms with Crippen LogP contribution in [0.2, 0.25) is 0 Å². The van der Waals surface area contributed by atoms with Crippen LogP contribution in [0.3, 0.4) is 0 Å². The van der Waals surface area contributed by atoms with Crippen LogP contribution >= 0.6 is 0 Å². The topological polar surface area (TPSA) is 12.9 Å². The van der Waals surface area contributed by atoms with Gasteiger partial charge in [-0.3, -0.25) is 0 Å². The number of pyridine rings is 1. The molecule has 0 atom stereocenters. The van der Waals surface area contributed by atoms with Crippen LogP contribution in [-0.2, 0) is 0 Å². The van der Waals surface area contributed by atoms with Gasteiger partial charge in [0.05, 0.1) is 5.69 Å². The third kappa shape index (κ3) is 2.52. The van der Waals surface area contributed by atoms with Gasteiger partial charge in [-0.1, -0.05) is 54.6 Å². The molecule has 0 aliphatic heterocycles. The highest BCUT2D eigenvalue weighted by Gasteiger charge is 2.03. The molecule has 0 saturated carbocycles. The van der Waals surface area contributed by atoms with E-state index in [0.717, 1.165) is 16.7 Å². The Balaban J connectivity index is 2.06. The molecule has 0 unspecified atom stereocenters. The molecule has 92 valence electrons. The van der Waals surface area contributed by atoms with Gasteiger partial charge in [0.25, 0.3) is 0 Å². The highest BCUT2D eigenvalue weighted by atomic mass is 19.1. The molecule has 0 fully saturated rings. The Kier molecular flexibility index (Phi) is 3.07. The predicted octanol–water partition coefficient (Wildman–Crippen LogP) is 4.55. The molecule has 0 N–H and O–H groups in total. The molecule has 0 amide bonds. The Labute approximate surface area is 111 Å². The quantitative estimate of drug-likeness (QED) is 0.607. The van der Waals surface area contributed by atoms with Crippen LogP contribution in [0.15, 0.2) is 72.8 Å². The minimum atomic E-state index is -0.456. The maximum absolute atomic E-state index is 13.2. The van der Waals surface area contributed by atoms with Crippen molar-refractivity contribution in [1.29, 1.82) is 0 Å². The second-order valence-electron chi connectivity index (χ2n) is 4.29. The lowest BCUT2D eigenvalue weighted by atomic mass is 10.0. The van der Waals surface area contributed by atoms with Gasteiger partial charge in [0.15, 0.2) is 0 Å². The second-order valence-corrected chi connectivity index (χ2v) is 4.29. The Bertz CT molecular complexity index is 692. The van der Waals surface area contributed by atoms with Crippen LogP contribution in [0.25, 0.3) is 22.4 Å². The van der Waals surface area contributed by atoms with Crippen LogP contribution in [0.1, 0.15) is 0 Å². The molecule has 0 aliphatic rings. The van der Waals surface area contributed by atoms with E-state index in [0.29, 0.717) is 5.69 Å². The Morgan fingerprint density at radius 2 is 1.32 bits per heavy atom. The molecule has 2 aromatic carbocycles. The molecular weight excluding hydrogens is 237 g/mol. The fourth-order valence-electron chi connectivity index (χ4n) is 2.06. The molecule has 1 nitrogen and oxygen atoms in total. The van der Waals surface area contributed by atoms with Gasteiger partial charge in [-0.25, -0.2) is 4.98 Å². The average molecular weight is 249 g/mol. The summed E-state index contributed by atoms with van der Waals surface area (Å²) in [6.07, 6.45) is 0. The first-order valence-electron chi connectivity index (χ1n) is 6.11. The Morgan fingerprint density at radius 3 is 2.11 bits per heavy atom. The van der Waals surface area contributed by atoms with Crippen molar-refractivity contribution in [3.8, 4) is 22.4 Å². The third-order valence-corrected chi connectivity index (χ3v) is 2.98. The van der Waals surface area contributed by atoms with Crippen molar-refractivity contribution in [1.82, 2.24) is 4.98 Å². The first-order chi connectivity index (χ1) is 9.33. The van der Waals surface area contributed by atoms with E-state index in [9.17, 15) is 4.39 Å². The molecular formula is C17H12FN. The first kappa shape index (κ1) is 11.6. The van der Waals surface area contributed by atoms with E-state index >= 15 is 0 Å². The number of hydrogen-bond acceptors (Lipinski definition) is 1. The number of halogens is 1. The van der Waals surface area contributed by atoms with Crippen LogP contribution in [0, 0.1) is 5.95 Å². The fourth-order valence-corrected chi connectivity index (χ4v) is 2.06. The minimum absolute atomic E-state index is 0.456.